The summed E-state index contributed by atoms with van der Waals surface area (Å²) in [5.41, 5.74) is 8.36. The van der Waals surface area contributed by atoms with Crippen molar-refractivity contribution in [2.24, 2.45) is 0 Å². The van der Waals surface area contributed by atoms with Crippen molar-refractivity contribution in [3.05, 3.63) is 52.0 Å². The van der Waals surface area contributed by atoms with Gasteiger partial charge in [-0.2, -0.15) is 0 Å². The standard InChI is InChI=1S/C19H23ClN2O4/c1-12-4-5-13(17(8-12)26-7-6-24-2)11-22-19(23)14-9-15(20)16(21)10-18(14)25-3/h4-5,8-10H,6-7,11,21H2,1-3H3,(H,22,23). The average molecular weight is 379 g/mol. The Hall–Kier alpha value is -2.44. The lowest BCUT2D eigenvalue weighted by Crippen LogP contribution is -2.24. The van der Waals surface area contributed by atoms with Crippen LogP contribution < -0.4 is 20.5 Å². The molecule has 6 nitrogen and oxygen atoms in total. The highest BCUT2D eigenvalue weighted by Crippen LogP contribution is 2.29. The van der Waals surface area contributed by atoms with Gasteiger partial charge in [0.1, 0.15) is 18.1 Å². The number of rotatable bonds is 8. The Morgan fingerprint density at radius 2 is 1.92 bits per heavy atom. The molecule has 0 bridgehead atoms. The van der Waals surface area contributed by atoms with Crippen molar-refractivity contribution < 1.29 is 19.0 Å². The van der Waals surface area contributed by atoms with Gasteiger partial charge in [0.25, 0.3) is 5.91 Å². The predicted octanol–water partition coefficient (Wildman–Crippen LogP) is 3.19. The van der Waals surface area contributed by atoms with Crippen molar-refractivity contribution in [1.82, 2.24) is 5.32 Å². The maximum Gasteiger partial charge on any atom is 0.255 e. The fraction of sp³-hybridized carbons (Fsp3) is 0.316. The lowest BCUT2D eigenvalue weighted by atomic mass is 10.1. The minimum absolute atomic E-state index is 0.298. The lowest BCUT2D eigenvalue weighted by molar-refractivity contribution is 0.0947. The van der Waals surface area contributed by atoms with E-state index >= 15 is 0 Å². The smallest absolute Gasteiger partial charge is 0.255 e. The number of methoxy groups -OCH3 is 2. The van der Waals surface area contributed by atoms with Gasteiger partial charge in [-0.25, -0.2) is 0 Å². The summed E-state index contributed by atoms with van der Waals surface area (Å²) < 4.78 is 16.0. The molecule has 0 spiro atoms. The van der Waals surface area contributed by atoms with Gasteiger partial charge in [-0.05, 0) is 24.6 Å². The molecule has 0 atom stereocenters. The number of nitrogens with two attached hydrogens (primary N) is 1. The summed E-state index contributed by atoms with van der Waals surface area (Å²) in [5, 5.41) is 3.16. The van der Waals surface area contributed by atoms with Gasteiger partial charge < -0.3 is 25.3 Å². The van der Waals surface area contributed by atoms with Crippen molar-refractivity contribution in [3.63, 3.8) is 0 Å². The lowest BCUT2D eigenvalue weighted by Gasteiger charge is -2.14. The number of halogens is 1. The number of amides is 1. The van der Waals surface area contributed by atoms with Crippen LogP contribution in [0.2, 0.25) is 5.02 Å². The van der Waals surface area contributed by atoms with Crippen LogP contribution in [-0.2, 0) is 11.3 Å². The largest absolute Gasteiger partial charge is 0.496 e. The number of hydrogen-bond acceptors (Lipinski definition) is 5. The van der Waals surface area contributed by atoms with Gasteiger partial charge >= 0.3 is 0 Å². The Kier molecular flexibility index (Phi) is 7.12. The molecule has 0 aliphatic carbocycles. The molecule has 140 valence electrons. The third kappa shape index (κ3) is 5.03. The minimum Gasteiger partial charge on any atom is -0.496 e. The van der Waals surface area contributed by atoms with Crippen molar-refractivity contribution >= 4 is 23.2 Å². The molecular formula is C19H23ClN2O4. The summed E-state index contributed by atoms with van der Waals surface area (Å²) in [6.45, 7) is 3.20. The van der Waals surface area contributed by atoms with E-state index in [2.05, 4.69) is 5.32 Å². The second-order valence-electron chi connectivity index (χ2n) is 5.71. The van der Waals surface area contributed by atoms with Crippen molar-refractivity contribution in [3.8, 4) is 11.5 Å². The first-order valence-corrected chi connectivity index (χ1v) is 8.46. The first-order chi connectivity index (χ1) is 12.5. The van der Waals surface area contributed by atoms with Crippen LogP contribution in [0.25, 0.3) is 0 Å². The summed E-state index contributed by atoms with van der Waals surface area (Å²) in [5.74, 6) is 0.765. The molecule has 0 saturated heterocycles. The summed E-state index contributed by atoms with van der Waals surface area (Å²) >= 11 is 6.03. The molecule has 0 radical (unpaired) electrons. The van der Waals surface area contributed by atoms with E-state index in [4.69, 9.17) is 31.5 Å². The number of nitrogen functional groups attached to an aromatic ring is 1. The minimum atomic E-state index is -0.313. The Bertz CT molecular complexity index is 780. The second kappa shape index (κ2) is 9.31. The maximum atomic E-state index is 12.5. The van der Waals surface area contributed by atoms with Gasteiger partial charge in [0, 0.05) is 25.3 Å². The quantitative estimate of drug-likeness (QED) is 0.544. The van der Waals surface area contributed by atoms with Crippen LogP contribution in [0.3, 0.4) is 0 Å². The number of benzene rings is 2. The molecule has 0 saturated carbocycles. The average Bonchev–Trinajstić information content (AvgIpc) is 2.62. The monoisotopic (exact) mass is 378 g/mol. The first kappa shape index (κ1) is 19.9. The Morgan fingerprint density at radius 3 is 2.62 bits per heavy atom. The fourth-order valence-corrected chi connectivity index (χ4v) is 2.53. The van der Waals surface area contributed by atoms with Gasteiger partial charge in [-0.15, -0.1) is 0 Å². The van der Waals surface area contributed by atoms with Gasteiger partial charge in [-0.1, -0.05) is 23.7 Å². The summed E-state index contributed by atoms with van der Waals surface area (Å²) in [6.07, 6.45) is 0. The number of ether oxygens (including phenoxy) is 3. The molecule has 7 heteroatoms. The van der Waals surface area contributed by atoms with Crippen molar-refractivity contribution in [1.29, 1.82) is 0 Å². The van der Waals surface area contributed by atoms with Crippen LogP contribution >= 0.6 is 11.6 Å². The number of carbonyl (C=O) groups is 1. The predicted molar refractivity (Wildman–Crippen MR) is 102 cm³/mol. The number of anilines is 1. The van der Waals surface area contributed by atoms with Crippen LogP contribution in [0.15, 0.2) is 30.3 Å². The van der Waals surface area contributed by atoms with Crippen LogP contribution in [0.4, 0.5) is 5.69 Å². The summed E-state index contributed by atoms with van der Waals surface area (Å²) in [7, 11) is 3.09. The zero-order chi connectivity index (χ0) is 19.1. The maximum absolute atomic E-state index is 12.5. The van der Waals surface area contributed by atoms with Crippen molar-refractivity contribution in [2.45, 2.75) is 13.5 Å². The topological polar surface area (TPSA) is 82.8 Å². The van der Waals surface area contributed by atoms with E-state index in [1.807, 2.05) is 25.1 Å². The van der Waals surface area contributed by atoms with E-state index in [1.54, 1.807) is 7.11 Å². The third-order valence-corrected chi connectivity index (χ3v) is 4.10. The molecule has 0 aliphatic rings. The number of aryl methyl sites for hydroxylation is 1. The van der Waals surface area contributed by atoms with Crippen LogP contribution in [0, 0.1) is 6.92 Å². The zero-order valence-corrected chi connectivity index (χ0v) is 15.9. The number of nitrogens with one attached hydrogen (secondary N) is 1. The Labute approximate surface area is 158 Å². The fourth-order valence-electron chi connectivity index (χ4n) is 2.36. The normalized spacial score (nSPS) is 10.5. The van der Waals surface area contributed by atoms with Crippen LogP contribution in [0.1, 0.15) is 21.5 Å². The molecule has 0 fully saturated rings. The molecule has 0 heterocycles. The van der Waals surface area contributed by atoms with Gasteiger partial charge in [0.05, 0.1) is 30.0 Å². The third-order valence-electron chi connectivity index (χ3n) is 3.77. The molecule has 0 aliphatic heterocycles. The van der Waals surface area contributed by atoms with Gasteiger partial charge in [0.15, 0.2) is 0 Å². The van der Waals surface area contributed by atoms with Crippen LogP contribution in [0.5, 0.6) is 11.5 Å². The van der Waals surface area contributed by atoms with E-state index in [9.17, 15) is 4.79 Å². The molecule has 3 N–H and O–H groups in total. The van der Waals surface area contributed by atoms with Gasteiger partial charge in [-0.3, -0.25) is 4.79 Å². The number of carbonyl (C=O) groups excluding carboxylic acids is 1. The van der Waals surface area contributed by atoms with Crippen LogP contribution in [-0.4, -0.2) is 33.3 Å². The van der Waals surface area contributed by atoms with E-state index in [0.717, 1.165) is 11.1 Å². The molecule has 2 aromatic rings. The van der Waals surface area contributed by atoms with E-state index < -0.39 is 0 Å². The molecule has 0 unspecified atom stereocenters. The highest BCUT2D eigenvalue weighted by Gasteiger charge is 2.15. The highest BCUT2D eigenvalue weighted by molar-refractivity contribution is 6.33. The Balaban J connectivity index is 2.13. The summed E-state index contributed by atoms with van der Waals surface area (Å²) in [4.78, 5) is 12.5. The molecule has 26 heavy (non-hydrogen) atoms. The van der Waals surface area contributed by atoms with Gasteiger partial charge in [0.2, 0.25) is 0 Å². The molecule has 2 rings (SSSR count). The molecule has 2 aromatic carbocycles. The Morgan fingerprint density at radius 1 is 1.15 bits per heavy atom. The molecular weight excluding hydrogens is 356 g/mol. The molecule has 1 amide bonds. The highest BCUT2D eigenvalue weighted by atomic mass is 35.5. The summed E-state index contributed by atoms with van der Waals surface area (Å²) in [6, 6.07) is 8.84. The molecule has 0 aromatic heterocycles. The number of hydrogen-bond donors (Lipinski definition) is 2. The van der Waals surface area contributed by atoms with E-state index in [0.29, 0.717) is 47.5 Å². The second-order valence-corrected chi connectivity index (χ2v) is 6.12. The van der Waals surface area contributed by atoms with Crippen molar-refractivity contribution in [2.75, 3.05) is 33.2 Å². The zero-order valence-electron chi connectivity index (χ0n) is 15.1. The SMILES string of the molecule is COCCOc1cc(C)ccc1CNC(=O)c1cc(Cl)c(N)cc1OC. The van der Waals surface area contributed by atoms with E-state index in [1.165, 1.54) is 19.2 Å². The van der Waals surface area contributed by atoms with E-state index in [-0.39, 0.29) is 5.91 Å². The first-order valence-electron chi connectivity index (χ1n) is 8.08.